The van der Waals surface area contributed by atoms with E-state index >= 15 is 0 Å². The van der Waals surface area contributed by atoms with E-state index in [0.29, 0.717) is 13.2 Å². The molecule has 0 amide bonds. The molecule has 0 aliphatic rings. The van der Waals surface area contributed by atoms with Gasteiger partial charge < -0.3 is 14.8 Å². The normalized spacial score (nSPS) is 12.4. The number of benzene rings is 1. The molecule has 0 heterocycles. The van der Waals surface area contributed by atoms with E-state index in [0.717, 1.165) is 17.9 Å². The predicted octanol–water partition coefficient (Wildman–Crippen LogP) is 2.00. The summed E-state index contributed by atoms with van der Waals surface area (Å²) in [5.41, 5.74) is 1.16. The van der Waals surface area contributed by atoms with Crippen molar-refractivity contribution in [3.8, 4) is 5.75 Å². The number of ether oxygens (including phenoxy) is 2. The summed E-state index contributed by atoms with van der Waals surface area (Å²) in [7, 11) is 1.71. The SMILES string of the molecule is CCNC(COC)COc1ccccc1C. The second-order valence-corrected chi connectivity index (χ2v) is 3.79. The van der Waals surface area contributed by atoms with Gasteiger partial charge >= 0.3 is 0 Å². The molecule has 3 heteroatoms. The third-order valence-corrected chi connectivity index (χ3v) is 2.39. The van der Waals surface area contributed by atoms with E-state index in [2.05, 4.69) is 12.2 Å². The Hall–Kier alpha value is -1.06. The van der Waals surface area contributed by atoms with Crippen LogP contribution in [0.15, 0.2) is 24.3 Å². The highest BCUT2D eigenvalue weighted by Gasteiger charge is 2.08. The highest BCUT2D eigenvalue weighted by atomic mass is 16.5. The molecule has 3 nitrogen and oxygen atoms in total. The quantitative estimate of drug-likeness (QED) is 0.767. The van der Waals surface area contributed by atoms with Crippen LogP contribution in [-0.4, -0.2) is 32.9 Å². The van der Waals surface area contributed by atoms with E-state index in [9.17, 15) is 0 Å². The summed E-state index contributed by atoms with van der Waals surface area (Å²) in [5, 5.41) is 3.32. The molecule has 1 rings (SSSR count). The second-order valence-electron chi connectivity index (χ2n) is 3.79. The Morgan fingerprint density at radius 3 is 2.62 bits per heavy atom. The molecule has 0 radical (unpaired) electrons. The lowest BCUT2D eigenvalue weighted by molar-refractivity contribution is 0.137. The first-order chi connectivity index (χ1) is 7.77. The summed E-state index contributed by atoms with van der Waals surface area (Å²) >= 11 is 0. The molecule has 0 aliphatic heterocycles. The molecule has 0 saturated carbocycles. The Kier molecular flexibility index (Phi) is 5.90. The fourth-order valence-corrected chi connectivity index (χ4v) is 1.56. The first-order valence-electron chi connectivity index (χ1n) is 5.68. The van der Waals surface area contributed by atoms with Gasteiger partial charge in [-0.05, 0) is 25.1 Å². The molecule has 1 unspecified atom stereocenters. The van der Waals surface area contributed by atoms with Crippen molar-refractivity contribution in [3.63, 3.8) is 0 Å². The molecule has 0 aromatic heterocycles. The molecule has 0 bridgehead atoms. The monoisotopic (exact) mass is 223 g/mol. The summed E-state index contributed by atoms with van der Waals surface area (Å²) < 4.78 is 10.9. The van der Waals surface area contributed by atoms with E-state index in [1.807, 2.05) is 31.2 Å². The summed E-state index contributed by atoms with van der Waals surface area (Å²) in [6.45, 7) is 6.35. The lowest BCUT2D eigenvalue weighted by Crippen LogP contribution is -2.38. The number of para-hydroxylation sites is 1. The van der Waals surface area contributed by atoms with Gasteiger partial charge in [0.05, 0.1) is 12.6 Å². The maximum Gasteiger partial charge on any atom is 0.122 e. The number of likely N-dealkylation sites (N-methyl/N-ethyl adjacent to an activating group) is 1. The molecule has 1 N–H and O–H groups in total. The average molecular weight is 223 g/mol. The van der Waals surface area contributed by atoms with Crippen molar-refractivity contribution in [2.75, 3.05) is 26.9 Å². The average Bonchev–Trinajstić information content (AvgIpc) is 2.28. The van der Waals surface area contributed by atoms with Gasteiger partial charge in [-0.3, -0.25) is 0 Å². The van der Waals surface area contributed by atoms with Crippen LogP contribution in [0.4, 0.5) is 0 Å². The fraction of sp³-hybridized carbons (Fsp3) is 0.538. The van der Waals surface area contributed by atoms with Gasteiger partial charge in [0.25, 0.3) is 0 Å². The minimum Gasteiger partial charge on any atom is -0.492 e. The molecular weight excluding hydrogens is 202 g/mol. The number of aryl methyl sites for hydroxylation is 1. The van der Waals surface area contributed by atoms with Crippen molar-refractivity contribution >= 4 is 0 Å². The van der Waals surface area contributed by atoms with Crippen LogP contribution in [0.3, 0.4) is 0 Å². The Morgan fingerprint density at radius 2 is 2.00 bits per heavy atom. The second kappa shape index (κ2) is 7.25. The molecular formula is C13H21NO2. The maximum atomic E-state index is 5.76. The lowest BCUT2D eigenvalue weighted by Gasteiger charge is -2.18. The summed E-state index contributed by atoms with van der Waals surface area (Å²) in [4.78, 5) is 0. The van der Waals surface area contributed by atoms with Crippen molar-refractivity contribution in [2.24, 2.45) is 0 Å². The first kappa shape index (κ1) is 13.0. The van der Waals surface area contributed by atoms with Gasteiger partial charge in [-0.1, -0.05) is 25.1 Å². The number of rotatable bonds is 7. The van der Waals surface area contributed by atoms with Crippen LogP contribution < -0.4 is 10.1 Å². The number of methoxy groups -OCH3 is 1. The van der Waals surface area contributed by atoms with Crippen molar-refractivity contribution in [1.29, 1.82) is 0 Å². The van der Waals surface area contributed by atoms with E-state index in [1.54, 1.807) is 7.11 Å². The minimum absolute atomic E-state index is 0.245. The summed E-state index contributed by atoms with van der Waals surface area (Å²) in [6, 6.07) is 8.29. The maximum absolute atomic E-state index is 5.76. The zero-order valence-electron chi connectivity index (χ0n) is 10.3. The molecule has 16 heavy (non-hydrogen) atoms. The Balaban J connectivity index is 2.45. The van der Waals surface area contributed by atoms with Gasteiger partial charge in [0.1, 0.15) is 12.4 Å². The first-order valence-corrected chi connectivity index (χ1v) is 5.68. The number of nitrogens with one attached hydrogen (secondary N) is 1. The standard InChI is InChI=1S/C13H21NO2/c1-4-14-12(9-15-3)10-16-13-8-6-5-7-11(13)2/h5-8,12,14H,4,9-10H2,1-3H3. The number of hydrogen-bond acceptors (Lipinski definition) is 3. The lowest BCUT2D eigenvalue weighted by atomic mass is 10.2. The van der Waals surface area contributed by atoms with Crippen molar-refractivity contribution in [3.05, 3.63) is 29.8 Å². The third-order valence-electron chi connectivity index (χ3n) is 2.39. The molecule has 0 fully saturated rings. The van der Waals surface area contributed by atoms with Crippen LogP contribution in [-0.2, 0) is 4.74 Å². The molecule has 1 atom stereocenters. The predicted molar refractivity (Wildman–Crippen MR) is 66.0 cm³/mol. The van der Waals surface area contributed by atoms with Crippen molar-refractivity contribution < 1.29 is 9.47 Å². The van der Waals surface area contributed by atoms with E-state index < -0.39 is 0 Å². The molecule has 0 spiro atoms. The van der Waals surface area contributed by atoms with Gasteiger partial charge in [-0.25, -0.2) is 0 Å². The van der Waals surface area contributed by atoms with Crippen LogP contribution in [0.25, 0.3) is 0 Å². The zero-order chi connectivity index (χ0) is 11.8. The van der Waals surface area contributed by atoms with Gasteiger partial charge in [0, 0.05) is 7.11 Å². The molecule has 1 aromatic rings. The Bertz CT molecular complexity index is 296. The van der Waals surface area contributed by atoms with E-state index in [1.165, 1.54) is 0 Å². The van der Waals surface area contributed by atoms with Crippen LogP contribution >= 0.6 is 0 Å². The van der Waals surface area contributed by atoms with Crippen LogP contribution in [0, 0.1) is 6.92 Å². The van der Waals surface area contributed by atoms with Crippen molar-refractivity contribution in [1.82, 2.24) is 5.32 Å². The topological polar surface area (TPSA) is 30.5 Å². The third kappa shape index (κ3) is 4.21. The van der Waals surface area contributed by atoms with Gasteiger partial charge in [-0.2, -0.15) is 0 Å². The van der Waals surface area contributed by atoms with Crippen LogP contribution in [0.1, 0.15) is 12.5 Å². The largest absolute Gasteiger partial charge is 0.492 e. The van der Waals surface area contributed by atoms with Gasteiger partial charge in [-0.15, -0.1) is 0 Å². The highest BCUT2D eigenvalue weighted by Crippen LogP contribution is 2.16. The Morgan fingerprint density at radius 1 is 1.25 bits per heavy atom. The molecule has 90 valence electrons. The molecule has 0 aliphatic carbocycles. The fourth-order valence-electron chi connectivity index (χ4n) is 1.56. The van der Waals surface area contributed by atoms with Crippen molar-refractivity contribution in [2.45, 2.75) is 19.9 Å². The van der Waals surface area contributed by atoms with E-state index in [4.69, 9.17) is 9.47 Å². The highest BCUT2D eigenvalue weighted by molar-refractivity contribution is 5.31. The van der Waals surface area contributed by atoms with Crippen LogP contribution in [0.2, 0.25) is 0 Å². The Labute approximate surface area is 97.8 Å². The number of hydrogen-bond donors (Lipinski definition) is 1. The summed E-state index contributed by atoms with van der Waals surface area (Å²) in [5.74, 6) is 0.946. The molecule has 0 saturated heterocycles. The van der Waals surface area contributed by atoms with Gasteiger partial charge in [0.15, 0.2) is 0 Å². The smallest absolute Gasteiger partial charge is 0.122 e. The van der Waals surface area contributed by atoms with Gasteiger partial charge in [0.2, 0.25) is 0 Å². The molecule has 1 aromatic carbocycles. The van der Waals surface area contributed by atoms with E-state index in [-0.39, 0.29) is 6.04 Å². The zero-order valence-corrected chi connectivity index (χ0v) is 10.3. The van der Waals surface area contributed by atoms with Crippen LogP contribution in [0.5, 0.6) is 5.75 Å². The minimum atomic E-state index is 0.245. The summed E-state index contributed by atoms with van der Waals surface area (Å²) in [6.07, 6.45) is 0.